The first-order valence-corrected chi connectivity index (χ1v) is 11.7. The summed E-state index contributed by atoms with van der Waals surface area (Å²) in [5.41, 5.74) is 2.70. The van der Waals surface area contributed by atoms with Crippen LogP contribution in [0.2, 0.25) is 0 Å². The molecule has 1 atom stereocenters. The molecular formula is C26H30N4O3. The number of hydrogen-bond acceptors (Lipinski definition) is 5. The summed E-state index contributed by atoms with van der Waals surface area (Å²) in [6, 6.07) is 17.6. The number of Topliss-reactive ketones (excluding diaryl/α,β-unsaturated/α-hetero) is 1. The van der Waals surface area contributed by atoms with Gasteiger partial charge in [0.05, 0.1) is 25.8 Å². The third-order valence-electron chi connectivity index (χ3n) is 6.71. The molecule has 2 aliphatic heterocycles. The molecule has 0 bridgehead atoms. The average Bonchev–Trinajstić information content (AvgIpc) is 3.31. The maximum absolute atomic E-state index is 13.8. The lowest BCUT2D eigenvalue weighted by Crippen LogP contribution is -2.52. The van der Waals surface area contributed by atoms with E-state index in [1.54, 1.807) is 0 Å². The van der Waals surface area contributed by atoms with Crippen LogP contribution < -0.4 is 0 Å². The van der Waals surface area contributed by atoms with Crippen molar-refractivity contribution in [2.45, 2.75) is 6.04 Å². The minimum absolute atomic E-state index is 0.108. The molecule has 5 rings (SSSR count). The van der Waals surface area contributed by atoms with E-state index in [0.29, 0.717) is 32.8 Å². The highest BCUT2D eigenvalue weighted by molar-refractivity contribution is 6.10. The number of ketones is 1. The molecule has 7 nitrogen and oxygen atoms in total. The Morgan fingerprint density at radius 3 is 2.33 bits per heavy atom. The maximum Gasteiger partial charge on any atom is 0.236 e. The van der Waals surface area contributed by atoms with Crippen LogP contribution in [0.3, 0.4) is 0 Å². The quantitative estimate of drug-likeness (QED) is 0.590. The molecular weight excluding hydrogens is 416 g/mol. The highest BCUT2D eigenvalue weighted by Crippen LogP contribution is 2.29. The summed E-state index contributed by atoms with van der Waals surface area (Å²) in [5, 5.41) is 0.957. The van der Waals surface area contributed by atoms with Gasteiger partial charge < -0.3 is 14.6 Å². The van der Waals surface area contributed by atoms with Crippen molar-refractivity contribution in [1.29, 1.82) is 0 Å². The van der Waals surface area contributed by atoms with Crippen LogP contribution in [0.5, 0.6) is 0 Å². The van der Waals surface area contributed by atoms with Gasteiger partial charge in [0, 0.05) is 61.9 Å². The van der Waals surface area contributed by atoms with E-state index in [1.165, 1.54) is 0 Å². The zero-order valence-electron chi connectivity index (χ0n) is 18.8. The molecule has 1 amide bonds. The number of aromatic amines is 1. The van der Waals surface area contributed by atoms with Gasteiger partial charge in [-0.05, 0) is 11.6 Å². The number of carbonyl (C=O) groups is 2. The number of morpholine rings is 1. The van der Waals surface area contributed by atoms with E-state index in [1.807, 2.05) is 65.7 Å². The predicted molar refractivity (Wildman–Crippen MR) is 127 cm³/mol. The first-order valence-electron chi connectivity index (χ1n) is 11.7. The Morgan fingerprint density at radius 2 is 1.58 bits per heavy atom. The summed E-state index contributed by atoms with van der Waals surface area (Å²) >= 11 is 0. The van der Waals surface area contributed by atoms with E-state index in [4.69, 9.17) is 4.74 Å². The highest BCUT2D eigenvalue weighted by Gasteiger charge is 2.33. The number of piperazine rings is 1. The van der Waals surface area contributed by atoms with Gasteiger partial charge in [-0.2, -0.15) is 0 Å². The molecule has 2 fully saturated rings. The van der Waals surface area contributed by atoms with Gasteiger partial charge in [-0.15, -0.1) is 0 Å². The molecule has 2 aliphatic rings. The van der Waals surface area contributed by atoms with Crippen molar-refractivity contribution < 1.29 is 14.3 Å². The Bertz CT molecular complexity index is 1100. The fraction of sp³-hybridized carbons (Fsp3) is 0.385. The zero-order valence-corrected chi connectivity index (χ0v) is 18.8. The fourth-order valence-electron chi connectivity index (χ4n) is 4.87. The number of H-pyrrole nitrogens is 1. The second kappa shape index (κ2) is 9.87. The van der Waals surface area contributed by atoms with Gasteiger partial charge in [0.2, 0.25) is 5.91 Å². The number of nitrogens with zero attached hydrogens (tertiary/aromatic N) is 3. The lowest BCUT2D eigenvalue weighted by molar-refractivity contribution is -0.137. The summed E-state index contributed by atoms with van der Waals surface area (Å²) in [4.78, 5) is 36.1. The molecule has 172 valence electrons. The maximum atomic E-state index is 13.8. The van der Waals surface area contributed by atoms with Crippen molar-refractivity contribution in [1.82, 2.24) is 19.7 Å². The minimum Gasteiger partial charge on any atom is -0.378 e. The standard InChI is InChI=1S/C26H30N4O3/c31-24(29-14-16-33-17-15-29)19-28-10-12-30(13-11-28)25(20-6-2-1-3-7-20)26(32)22-18-27-23-9-5-4-8-21(22)23/h1-9,18,25,27H,10-17,19H2/t25-/m1/s1. The van der Waals surface area contributed by atoms with Crippen molar-refractivity contribution in [3.05, 3.63) is 71.9 Å². The number of nitrogens with one attached hydrogen (secondary N) is 1. The first-order chi connectivity index (χ1) is 16.2. The number of hydrogen-bond donors (Lipinski definition) is 1. The van der Waals surface area contributed by atoms with Crippen molar-refractivity contribution in [2.75, 3.05) is 59.0 Å². The van der Waals surface area contributed by atoms with E-state index in [9.17, 15) is 9.59 Å². The lowest BCUT2D eigenvalue weighted by atomic mass is 9.95. The number of benzene rings is 2. The molecule has 0 saturated carbocycles. The molecule has 7 heteroatoms. The van der Waals surface area contributed by atoms with Crippen molar-refractivity contribution in [2.24, 2.45) is 0 Å². The molecule has 3 heterocycles. The van der Waals surface area contributed by atoms with Crippen LogP contribution in [-0.4, -0.2) is 90.4 Å². The Kier molecular flexibility index (Phi) is 6.53. The van der Waals surface area contributed by atoms with E-state index in [2.05, 4.69) is 14.8 Å². The molecule has 33 heavy (non-hydrogen) atoms. The van der Waals surface area contributed by atoms with Crippen LogP contribution in [-0.2, 0) is 9.53 Å². The number of ether oxygens (including phenoxy) is 1. The number of carbonyl (C=O) groups excluding carboxylic acids is 2. The van der Waals surface area contributed by atoms with Gasteiger partial charge in [-0.1, -0.05) is 48.5 Å². The van der Waals surface area contributed by atoms with Gasteiger partial charge in [-0.25, -0.2) is 0 Å². The fourth-order valence-corrected chi connectivity index (χ4v) is 4.87. The topological polar surface area (TPSA) is 68.9 Å². The van der Waals surface area contributed by atoms with Gasteiger partial charge in [-0.3, -0.25) is 19.4 Å². The van der Waals surface area contributed by atoms with Gasteiger partial charge in [0.25, 0.3) is 0 Å². The second-order valence-corrected chi connectivity index (χ2v) is 8.73. The molecule has 2 aromatic carbocycles. The van der Waals surface area contributed by atoms with Crippen molar-refractivity contribution in [3.8, 4) is 0 Å². The lowest BCUT2D eigenvalue weighted by Gasteiger charge is -2.39. The second-order valence-electron chi connectivity index (χ2n) is 8.73. The third kappa shape index (κ3) is 4.71. The smallest absolute Gasteiger partial charge is 0.236 e. The molecule has 0 unspecified atom stereocenters. The molecule has 0 spiro atoms. The minimum atomic E-state index is -0.345. The molecule has 0 aliphatic carbocycles. The van der Waals surface area contributed by atoms with Gasteiger partial charge in [0.15, 0.2) is 5.78 Å². The van der Waals surface area contributed by atoms with Crippen LogP contribution >= 0.6 is 0 Å². The summed E-state index contributed by atoms with van der Waals surface area (Å²) in [6.45, 7) is 6.03. The number of amides is 1. The SMILES string of the molecule is O=C(c1c[nH]c2ccccc12)[C@@H](c1ccccc1)N1CCN(CC(=O)N2CCOCC2)CC1. The monoisotopic (exact) mass is 446 g/mol. The summed E-state index contributed by atoms with van der Waals surface area (Å²) in [6.07, 6.45) is 1.83. The van der Waals surface area contributed by atoms with Gasteiger partial charge >= 0.3 is 0 Å². The molecule has 2 saturated heterocycles. The van der Waals surface area contributed by atoms with Crippen LogP contribution in [0.15, 0.2) is 60.8 Å². The van der Waals surface area contributed by atoms with Crippen LogP contribution in [0.4, 0.5) is 0 Å². The number of rotatable bonds is 6. The first kappa shape index (κ1) is 21.8. The van der Waals surface area contributed by atoms with Crippen LogP contribution in [0.1, 0.15) is 22.0 Å². The Balaban J connectivity index is 1.31. The Morgan fingerprint density at radius 1 is 0.879 bits per heavy atom. The van der Waals surface area contributed by atoms with E-state index >= 15 is 0 Å². The van der Waals surface area contributed by atoms with Crippen molar-refractivity contribution >= 4 is 22.6 Å². The average molecular weight is 447 g/mol. The zero-order chi connectivity index (χ0) is 22.6. The van der Waals surface area contributed by atoms with E-state index in [-0.39, 0.29) is 17.7 Å². The van der Waals surface area contributed by atoms with Crippen molar-refractivity contribution in [3.63, 3.8) is 0 Å². The summed E-state index contributed by atoms with van der Waals surface area (Å²) in [7, 11) is 0. The number of fused-ring (bicyclic) bond motifs is 1. The number of para-hydroxylation sites is 1. The van der Waals surface area contributed by atoms with Crippen LogP contribution in [0.25, 0.3) is 10.9 Å². The van der Waals surface area contributed by atoms with E-state index < -0.39 is 0 Å². The van der Waals surface area contributed by atoms with E-state index in [0.717, 1.165) is 48.2 Å². The largest absolute Gasteiger partial charge is 0.378 e. The third-order valence-corrected chi connectivity index (χ3v) is 6.71. The predicted octanol–water partition coefficient (Wildman–Crippen LogP) is 2.57. The van der Waals surface area contributed by atoms with Gasteiger partial charge in [0.1, 0.15) is 0 Å². The number of aromatic nitrogens is 1. The normalized spacial score (nSPS) is 19.0. The summed E-state index contributed by atoms with van der Waals surface area (Å²) in [5.74, 6) is 0.276. The summed E-state index contributed by atoms with van der Waals surface area (Å²) < 4.78 is 5.35. The highest BCUT2D eigenvalue weighted by atomic mass is 16.5. The Labute approximate surface area is 193 Å². The molecule has 1 aromatic heterocycles. The molecule has 3 aromatic rings. The van der Waals surface area contributed by atoms with Crippen LogP contribution in [0, 0.1) is 0 Å². The molecule has 1 N–H and O–H groups in total. The Hall–Kier alpha value is -3.00. The molecule has 0 radical (unpaired) electrons.